The van der Waals surface area contributed by atoms with Crippen molar-refractivity contribution in [2.45, 2.75) is 13.0 Å². The van der Waals surface area contributed by atoms with Crippen molar-refractivity contribution in [2.75, 3.05) is 13.2 Å². The number of carboxylic acid groups (broad SMARTS) is 1. The predicted molar refractivity (Wildman–Crippen MR) is 147 cm³/mol. The fourth-order valence-corrected chi connectivity index (χ4v) is 5.38. The predicted octanol–water partition coefficient (Wildman–Crippen LogP) is 3.40. The third-order valence-corrected chi connectivity index (χ3v) is 6.99. The number of thiazole rings is 1. The number of nitrogens with zero attached hydrogens (tertiary/aromatic N) is 2. The van der Waals surface area contributed by atoms with Crippen LogP contribution in [0.5, 0.6) is 5.75 Å². The number of esters is 1. The Morgan fingerprint density at radius 2 is 1.74 bits per heavy atom. The van der Waals surface area contributed by atoms with E-state index in [1.807, 2.05) is 60.7 Å². The average molecular weight is 541 g/mol. The Hall–Kier alpha value is -4.76. The number of aliphatic carboxylic acids is 1. The maximum absolute atomic E-state index is 13.9. The molecule has 1 unspecified atom stereocenters. The van der Waals surface area contributed by atoms with Crippen molar-refractivity contribution < 1.29 is 24.2 Å². The summed E-state index contributed by atoms with van der Waals surface area (Å²) in [6.07, 6.45) is 1.70. The number of hydrogen-bond donors (Lipinski definition) is 1. The van der Waals surface area contributed by atoms with E-state index >= 15 is 0 Å². The molecule has 8 nitrogen and oxygen atoms in total. The second kappa shape index (κ2) is 11.3. The Bertz CT molecular complexity index is 1740. The largest absolute Gasteiger partial charge is 0.482 e. The number of carboxylic acids is 1. The van der Waals surface area contributed by atoms with Crippen LogP contribution in [-0.4, -0.2) is 34.8 Å². The maximum atomic E-state index is 13.9. The van der Waals surface area contributed by atoms with Crippen molar-refractivity contribution in [1.82, 2.24) is 4.57 Å². The monoisotopic (exact) mass is 540 g/mol. The molecule has 0 fully saturated rings. The van der Waals surface area contributed by atoms with Crippen LogP contribution in [0.3, 0.4) is 0 Å². The first kappa shape index (κ1) is 25.9. The Morgan fingerprint density at radius 3 is 2.44 bits per heavy atom. The topological polar surface area (TPSA) is 107 Å². The van der Waals surface area contributed by atoms with E-state index in [-0.39, 0.29) is 17.7 Å². The van der Waals surface area contributed by atoms with Gasteiger partial charge in [-0.3, -0.25) is 9.36 Å². The lowest BCUT2D eigenvalue weighted by atomic mass is 9.93. The van der Waals surface area contributed by atoms with Gasteiger partial charge in [-0.05, 0) is 36.3 Å². The number of hydrogen-bond acceptors (Lipinski definition) is 7. The van der Waals surface area contributed by atoms with Crippen LogP contribution in [-0.2, 0) is 14.3 Å². The highest BCUT2D eigenvalue weighted by Gasteiger charge is 2.35. The molecule has 1 atom stereocenters. The fraction of sp³-hybridized carbons (Fsp3) is 0.133. The van der Waals surface area contributed by atoms with Gasteiger partial charge in [0.2, 0.25) is 0 Å². The van der Waals surface area contributed by atoms with Crippen LogP contribution in [0.2, 0.25) is 0 Å². The number of benzene rings is 3. The van der Waals surface area contributed by atoms with Crippen molar-refractivity contribution in [3.63, 3.8) is 0 Å². The molecular weight excluding hydrogens is 516 g/mol. The summed E-state index contributed by atoms with van der Waals surface area (Å²) < 4.78 is 12.7. The highest BCUT2D eigenvalue weighted by molar-refractivity contribution is 7.07. The summed E-state index contributed by atoms with van der Waals surface area (Å²) in [6, 6.07) is 24.8. The number of carbonyl (C=O) groups excluding carboxylic acids is 1. The van der Waals surface area contributed by atoms with E-state index in [2.05, 4.69) is 0 Å². The first-order chi connectivity index (χ1) is 19.0. The van der Waals surface area contributed by atoms with Crippen LogP contribution >= 0.6 is 11.3 Å². The number of rotatable bonds is 8. The van der Waals surface area contributed by atoms with E-state index in [9.17, 15) is 14.4 Å². The minimum absolute atomic E-state index is 0.177. The Balaban J connectivity index is 1.73. The molecule has 0 amide bonds. The molecule has 0 bridgehead atoms. The molecule has 39 heavy (non-hydrogen) atoms. The van der Waals surface area contributed by atoms with Gasteiger partial charge in [0.1, 0.15) is 5.75 Å². The molecule has 0 aliphatic carbocycles. The van der Waals surface area contributed by atoms with Gasteiger partial charge in [-0.1, -0.05) is 84.1 Å². The van der Waals surface area contributed by atoms with E-state index in [1.54, 1.807) is 37.3 Å². The number of carbonyl (C=O) groups is 2. The molecule has 0 saturated carbocycles. The molecule has 1 aliphatic rings. The number of fused-ring (bicyclic) bond motifs is 1. The molecule has 1 N–H and O–H groups in total. The first-order valence-corrected chi connectivity index (χ1v) is 13.1. The van der Waals surface area contributed by atoms with Crippen LogP contribution in [0.1, 0.15) is 29.7 Å². The Kier molecular flexibility index (Phi) is 7.51. The van der Waals surface area contributed by atoms with E-state index in [0.29, 0.717) is 26.3 Å². The molecule has 5 rings (SSSR count). The molecule has 196 valence electrons. The molecule has 0 saturated heterocycles. The molecule has 0 spiro atoms. The summed E-state index contributed by atoms with van der Waals surface area (Å²) in [5.41, 5.74) is 2.59. The first-order valence-electron chi connectivity index (χ1n) is 12.2. The second-order valence-corrected chi connectivity index (χ2v) is 9.61. The molecule has 0 radical (unpaired) electrons. The van der Waals surface area contributed by atoms with Crippen molar-refractivity contribution in [3.05, 3.63) is 127 Å². The van der Waals surface area contributed by atoms with Gasteiger partial charge in [-0.2, -0.15) is 0 Å². The lowest BCUT2D eigenvalue weighted by molar-refractivity contribution is -0.140. The van der Waals surface area contributed by atoms with Gasteiger partial charge < -0.3 is 14.6 Å². The second-order valence-electron chi connectivity index (χ2n) is 8.60. The smallest absolute Gasteiger partial charge is 0.341 e. The summed E-state index contributed by atoms with van der Waals surface area (Å²) >= 11 is 1.21. The highest BCUT2D eigenvalue weighted by Crippen LogP contribution is 2.35. The lowest BCUT2D eigenvalue weighted by Gasteiger charge is -2.25. The third kappa shape index (κ3) is 5.44. The summed E-state index contributed by atoms with van der Waals surface area (Å²) in [6.45, 7) is 1.44. The quantitative estimate of drug-likeness (QED) is 0.344. The van der Waals surface area contributed by atoms with E-state index in [0.717, 1.165) is 11.1 Å². The van der Waals surface area contributed by atoms with Gasteiger partial charge in [0, 0.05) is 5.56 Å². The van der Waals surface area contributed by atoms with Crippen molar-refractivity contribution in [3.8, 4) is 5.75 Å². The zero-order chi connectivity index (χ0) is 27.4. The van der Waals surface area contributed by atoms with Gasteiger partial charge in [0.15, 0.2) is 11.4 Å². The molecule has 1 aromatic heterocycles. The summed E-state index contributed by atoms with van der Waals surface area (Å²) in [7, 11) is 0. The van der Waals surface area contributed by atoms with Gasteiger partial charge in [0.05, 0.1) is 28.5 Å². The van der Waals surface area contributed by atoms with Gasteiger partial charge in [-0.15, -0.1) is 0 Å². The van der Waals surface area contributed by atoms with Crippen LogP contribution in [0.25, 0.3) is 11.8 Å². The van der Waals surface area contributed by atoms with Gasteiger partial charge in [0.25, 0.3) is 5.56 Å². The minimum atomic E-state index is -1.08. The summed E-state index contributed by atoms with van der Waals surface area (Å²) in [5, 5.41) is 8.90. The van der Waals surface area contributed by atoms with Gasteiger partial charge >= 0.3 is 11.9 Å². The van der Waals surface area contributed by atoms with E-state index in [4.69, 9.17) is 19.6 Å². The molecule has 1 aliphatic heterocycles. The zero-order valence-electron chi connectivity index (χ0n) is 20.9. The van der Waals surface area contributed by atoms with Crippen LogP contribution in [0.4, 0.5) is 0 Å². The normalized spacial score (nSPS) is 14.9. The van der Waals surface area contributed by atoms with Crippen molar-refractivity contribution in [1.29, 1.82) is 0 Å². The Labute approximate surface area is 227 Å². The fourth-order valence-electron chi connectivity index (χ4n) is 4.38. The summed E-state index contributed by atoms with van der Waals surface area (Å²) in [5.74, 6) is -1.25. The van der Waals surface area contributed by atoms with Crippen LogP contribution < -0.4 is 19.6 Å². The van der Waals surface area contributed by atoms with Gasteiger partial charge in [-0.25, -0.2) is 14.6 Å². The van der Waals surface area contributed by atoms with Crippen molar-refractivity contribution in [2.24, 2.45) is 4.99 Å². The number of ether oxygens (including phenoxy) is 2. The molecule has 4 aromatic rings. The maximum Gasteiger partial charge on any atom is 0.341 e. The molecular formula is C30H24N2O6S. The van der Waals surface area contributed by atoms with Crippen LogP contribution in [0.15, 0.2) is 100 Å². The lowest BCUT2D eigenvalue weighted by Crippen LogP contribution is -2.39. The standard InChI is InChI=1S/C30H24N2O6S/c1-2-37-29(36)25-26(20-11-5-3-6-12-20)31-30-32(27(25)21-13-7-4-8-14-21)28(35)23(39-30)17-19-10-9-15-22(16-19)38-18-24(33)34/h3-17,27H,2,18H2,1H3,(H,33,34)/b23-17-. The molecule has 3 aromatic carbocycles. The third-order valence-electron chi connectivity index (χ3n) is 6.01. The molecule has 2 heterocycles. The minimum Gasteiger partial charge on any atom is -0.482 e. The van der Waals surface area contributed by atoms with E-state index < -0.39 is 24.6 Å². The summed E-state index contributed by atoms with van der Waals surface area (Å²) in [4.78, 5) is 43.4. The molecule has 9 heteroatoms. The Morgan fingerprint density at radius 1 is 1.03 bits per heavy atom. The number of aromatic nitrogens is 1. The van der Waals surface area contributed by atoms with Crippen molar-refractivity contribution >= 4 is 35.0 Å². The van der Waals surface area contributed by atoms with E-state index in [1.165, 1.54) is 15.9 Å². The highest BCUT2D eigenvalue weighted by atomic mass is 32.1. The SMILES string of the molecule is CCOC(=O)C1=C(c2ccccc2)N=c2s/c(=C\c3cccc(OCC(=O)O)c3)c(=O)n2C1c1ccccc1. The zero-order valence-corrected chi connectivity index (χ0v) is 21.8. The average Bonchev–Trinajstić information content (AvgIpc) is 3.26. The van der Waals surface area contributed by atoms with Crippen LogP contribution in [0, 0.1) is 0 Å².